The van der Waals surface area contributed by atoms with Crippen LogP contribution in [0.15, 0.2) is 11.2 Å². The number of aromatic amines is 1. The Labute approximate surface area is 120 Å². The highest BCUT2D eigenvalue weighted by atomic mass is 15.3. The maximum atomic E-state index is 4.31. The molecule has 1 saturated carbocycles. The molecule has 2 aliphatic rings. The minimum atomic E-state index is 0.521. The van der Waals surface area contributed by atoms with Crippen molar-refractivity contribution >= 4 is 5.96 Å². The highest BCUT2D eigenvalue weighted by Crippen LogP contribution is 2.29. The van der Waals surface area contributed by atoms with E-state index < -0.39 is 0 Å². The van der Waals surface area contributed by atoms with Gasteiger partial charge in [0, 0.05) is 50.0 Å². The summed E-state index contributed by atoms with van der Waals surface area (Å²) < 4.78 is 0. The van der Waals surface area contributed by atoms with Gasteiger partial charge in [0.15, 0.2) is 5.96 Å². The lowest BCUT2D eigenvalue weighted by Crippen LogP contribution is -2.44. The van der Waals surface area contributed by atoms with Crippen molar-refractivity contribution in [1.29, 1.82) is 0 Å². The number of rotatable bonds is 4. The minimum absolute atomic E-state index is 0.521. The van der Waals surface area contributed by atoms with Crippen LogP contribution in [0.4, 0.5) is 0 Å². The first-order valence-electron chi connectivity index (χ1n) is 7.46. The third-order valence-electron chi connectivity index (χ3n) is 4.23. The Bertz CT molecular complexity index is 476. The van der Waals surface area contributed by atoms with Crippen LogP contribution >= 0.6 is 0 Å². The van der Waals surface area contributed by atoms with E-state index in [1.807, 2.05) is 20.2 Å². The Balaban J connectivity index is 1.46. The quantitative estimate of drug-likeness (QED) is 0.557. The van der Waals surface area contributed by atoms with Crippen molar-refractivity contribution in [1.82, 2.24) is 25.7 Å². The summed E-state index contributed by atoms with van der Waals surface area (Å²) in [5, 5.41) is 13.9. The van der Waals surface area contributed by atoms with Gasteiger partial charge in [-0.25, -0.2) is 0 Å². The second-order valence-corrected chi connectivity index (χ2v) is 5.80. The zero-order chi connectivity index (χ0) is 13.9. The molecule has 1 atom stereocenters. The molecule has 0 spiro atoms. The van der Waals surface area contributed by atoms with E-state index in [0.29, 0.717) is 6.04 Å². The lowest BCUT2D eigenvalue weighted by molar-refractivity contribution is 0.321. The number of aromatic nitrogens is 2. The van der Waals surface area contributed by atoms with Gasteiger partial charge >= 0.3 is 0 Å². The summed E-state index contributed by atoms with van der Waals surface area (Å²) in [4.78, 5) is 6.91. The number of hydrogen-bond acceptors (Lipinski definition) is 3. The van der Waals surface area contributed by atoms with Crippen molar-refractivity contribution in [3.05, 3.63) is 17.5 Å². The van der Waals surface area contributed by atoms with Gasteiger partial charge < -0.3 is 10.6 Å². The maximum absolute atomic E-state index is 4.31. The molecule has 6 heteroatoms. The number of nitrogens with zero attached hydrogens (tertiary/aromatic N) is 3. The summed E-state index contributed by atoms with van der Waals surface area (Å²) in [5.41, 5.74) is 2.28. The molecule has 0 bridgehead atoms. The fourth-order valence-corrected chi connectivity index (χ4v) is 2.80. The third kappa shape index (κ3) is 3.12. The van der Waals surface area contributed by atoms with E-state index in [-0.39, 0.29) is 0 Å². The third-order valence-corrected chi connectivity index (χ3v) is 4.23. The Morgan fingerprint density at radius 2 is 2.35 bits per heavy atom. The van der Waals surface area contributed by atoms with Crippen molar-refractivity contribution in [2.45, 2.75) is 44.8 Å². The van der Waals surface area contributed by atoms with Gasteiger partial charge in [-0.2, -0.15) is 5.10 Å². The first-order valence-corrected chi connectivity index (χ1v) is 7.46. The van der Waals surface area contributed by atoms with Crippen molar-refractivity contribution in [2.75, 3.05) is 20.1 Å². The van der Waals surface area contributed by atoms with Crippen LogP contribution in [0.5, 0.6) is 0 Å². The summed E-state index contributed by atoms with van der Waals surface area (Å²) in [6.07, 6.45) is 5.85. The Hall–Kier alpha value is -1.56. The van der Waals surface area contributed by atoms with Crippen molar-refractivity contribution < 1.29 is 0 Å². The molecule has 6 nitrogen and oxygen atoms in total. The highest BCUT2D eigenvalue weighted by Gasteiger charge is 2.34. The topological polar surface area (TPSA) is 68.3 Å². The first kappa shape index (κ1) is 13.4. The van der Waals surface area contributed by atoms with Gasteiger partial charge in [-0.3, -0.25) is 15.0 Å². The molecule has 3 N–H and O–H groups in total. The van der Waals surface area contributed by atoms with Crippen LogP contribution in [-0.2, 0) is 6.54 Å². The highest BCUT2D eigenvalue weighted by molar-refractivity contribution is 5.80. The molecular weight excluding hydrogens is 252 g/mol. The molecule has 0 amide bonds. The molecule has 2 heterocycles. The standard InChI is InChI=1S/C14H24N6/c1-10-11(8-17-19-10)7-16-14(15-2)18-12-5-6-20(9-12)13-3-4-13/h8,12-13H,3-7,9H2,1-2H3,(H,17,19)(H2,15,16,18). The number of likely N-dealkylation sites (tertiary alicyclic amines) is 1. The fourth-order valence-electron chi connectivity index (χ4n) is 2.80. The van der Waals surface area contributed by atoms with E-state index in [1.165, 1.54) is 31.4 Å². The summed E-state index contributed by atoms with van der Waals surface area (Å²) in [6.45, 7) is 5.15. The lowest BCUT2D eigenvalue weighted by Gasteiger charge is -2.18. The van der Waals surface area contributed by atoms with Crippen LogP contribution < -0.4 is 10.6 Å². The van der Waals surface area contributed by atoms with E-state index in [9.17, 15) is 0 Å². The molecule has 2 fully saturated rings. The van der Waals surface area contributed by atoms with Crippen molar-refractivity contribution in [3.63, 3.8) is 0 Å². The SMILES string of the molecule is CN=C(NCc1cn[nH]c1C)NC1CCN(C2CC2)C1. The maximum Gasteiger partial charge on any atom is 0.191 e. The molecule has 1 unspecified atom stereocenters. The second-order valence-electron chi connectivity index (χ2n) is 5.80. The Morgan fingerprint density at radius 1 is 1.50 bits per heavy atom. The molecule has 20 heavy (non-hydrogen) atoms. The lowest BCUT2D eigenvalue weighted by atomic mass is 10.2. The number of hydrogen-bond donors (Lipinski definition) is 3. The average Bonchev–Trinajstić information content (AvgIpc) is 3.07. The van der Waals surface area contributed by atoms with E-state index in [0.717, 1.165) is 30.8 Å². The van der Waals surface area contributed by atoms with Crippen LogP contribution in [0.2, 0.25) is 0 Å². The van der Waals surface area contributed by atoms with Gasteiger partial charge in [0.2, 0.25) is 0 Å². The van der Waals surface area contributed by atoms with Gasteiger partial charge in [0.25, 0.3) is 0 Å². The van der Waals surface area contributed by atoms with Gasteiger partial charge in [-0.1, -0.05) is 0 Å². The molecule has 1 saturated heterocycles. The smallest absolute Gasteiger partial charge is 0.191 e. The molecule has 3 rings (SSSR count). The van der Waals surface area contributed by atoms with Crippen LogP contribution in [0.1, 0.15) is 30.5 Å². The number of aryl methyl sites for hydroxylation is 1. The van der Waals surface area contributed by atoms with E-state index in [2.05, 4.69) is 30.7 Å². The Kier molecular flexibility index (Phi) is 3.91. The van der Waals surface area contributed by atoms with Crippen LogP contribution in [0.3, 0.4) is 0 Å². The summed E-state index contributed by atoms with van der Waals surface area (Å²) >= 11 is 0. The molecule has 110 valence electrons. The Morgan fingerprint density at radius 3 is 3.00 bits per heavy atom. The molecule has 1 aliphatic carbocycles. The van der Waals surface area contributed by atoms with Gasteiger partial charge in [0.1, 0.15) is 0 Å². The van der Waals surface area contributed by atoms with E-state index in [4.69, 9.17) is 0 Å². The molecule has 1 aromatic heterocycles. The monoisotopic (exact) mass is 276 g/mol. The predicted octanol–water partition coefficient (Wildman–Crippen LogP) is 0.620. The van der Waals surface area contributed by atoms with E-state index in [1.54, 1.807) is 0 Å². The number of guanidine groups is 1. The van der Waals surface area contributed by atoms with E-state index >= 15 is 0 Å². The largest absolute Gasteiger partial charge is 0.352 e. The number of nitrogens with one attached hydrogen (secondary N) is 3. The van der Waals surface area contributed by atoms with Crippen LogP contribution in [-0.4, -0.2) is 53.3 Å². The summed E-state index contributed by atoms with van der Waals surface area (Å²) in [5.74, 6) is 0.883. The molecule has 1 aromatic rings. The molecule has 0 aromatic carbocycles. The van der Waals surface area contributed by atoms with Crippen molar-refractivity contribution in [3.8, 4) is 0 Å². The van der Waals surface area contributed by atoms with Gasteiger partial charge in [-0.15, -0.1) is 0 Å². The normalized spacial score (nSPS) is 24.1. The van der Waals surface area contributed by atoms with Gasteiger partial charge in [0.05, 0.1) is 6.20 Å². The zero-order valence-electron chi connectivity index (χ0n) is 12.3. The van der Waals surface area contributed by atoms with Crippen molar-refractivity contribution in [2.24, 2.45) is 4.99 Å². The van der Waals surface area contributed by atoms with Crippen LogP contribution in [0, 0.1) is 6.92 Å². The fraction of sp³-hybridized carbons (Fsp3) is 0.714. The average molecular weight is 276 g/mol. The molecule has 1 aliphatic heterocycles. The first-order chi connectivity index (χ1) is 9.76. The minimum Gasteiger partial charge on any atom is -0.352 e. The number of H-pyrrole nitrogens is 1. The van der Waals surface area contributed by atoms with Crippen LogP contribution in [0.25, 0.3) is 0 Å². The molecular formula is C14H24N6. The predicted molar refractivity (Wildman–Crippen MR) is 79.7 cm³/mol. The molecule has 0 radical (unpaired) electrons. The van der Waals surface area contributed by atoms with Gasteiger partial charge in [-0.05, 0) is 26.2 Å². The second kappa shape index (κ2) is 5.83. The zero-order valence-corrected chi connectivity index (χ0v) is 12.3. The summed E-state index contributed by atoms with van der Waals surface area (Å²) in [6, 6.07) is 1.39. The number of aliphatic imine (C=N–C) groups is 1. The summed E-state index contributed by atoms with van der Waals surface area (Å²) in [7, 11) is 1.82.